The molecule has 0 spiro atoms. The van der Waals surface area contributed by atoms with Crippen molar-refractivity contribution >= 4 is 17.0 Å². The Morgan fingerprint density at radius 1 is 1.25 bits per heavy atom. The lowest BCUT2D eigenvalue weighted by Gasteiger charge is -1.84. The lowest BCUT2D eigenvalue weighted by molar-refractivity contribution is -0.368. The van der Waals surface area contributed by atoms with Crippen molar-refractivity contribution in [3.8, 4) is 0 Å². The van der Waals surface area contributed by atoms with Crippen LogP contribution in [0.5, 0.6) is 0 Å². The summed E-state index contributed by atoms with van der Waals surface area (Å²) in [6.45, 7) is 3.31. The molecule has 0 aliphatic carbocycles. The molecule has 0 amide bonds. The van der Waals surface area contributed by atoms with Crippen LogP contribution >= 0.6 is 17.0 Å². The fourth-order valence-electron chi connectivity index (χ4n) is 0.427. The smallest absolute Gasteiger partial charge is 0.0739 e. The van der Waals surface area contributed by atoms with Gasteiger partial charge in [-0.05, 0) is 12.8 Å². The number of hydrogen-bond acceptors (Lipinski definition) is 0. The van der Waals surface area contributed by atoms with Gasteiger partial charge in [-0.1, -0.05) is 13.3 Å². The third-order valence-corrected chi connectivity index (χ3v) is 0.854. The molecule has 0 unspecified atom stereocenters. The normalized spacial score (nSPS) is 6.75. The van der Waals surface area contributed by atoms with E-state index < -0.39 is 0 Å². The van der Waals surface area contributed by atoms with Gasteiger partial charge < -0.3 is 22.7 Å². The molecule has 0 aromatic carbocycles. The Bertz CT molecular complexity index is 22.4. The minimum atomic E-state index is 0. The lowest BCUT2D eigenvalue weighted by atomic mass is 10.3. The molecule has 0 aliphatic heterocycles. The molecule has 3 heteroatoms. The Morgan fingerprint density at radius 3 is 1.88 bits per heavy atom. The van der Waals surface area contributed by atoms with Gasteiger partial charge in [0, 0.05) is 0 Å². The molecule has 0 saturated carbocycles. The molecular formula is C5H15Br2N. The Hall–Kier alpha value is 0.920. The van der Waals surface area contributed by atoms with Crippen molar-refractivity contribution in [2.24, 2.45) is 0 Å². The molecule has 8 heavy (non-hydrogen) atoms. The molecule has 54 valence electrons. The number of halogens is 2. The van der Waals surface area contributed by atoms with Gasteiger partial charge in [0.2, 0.25) is 0 Å². The molecule has 0 rings (SSSR count). The summed E-state index contributed by atoms with van der Waals surface area (Å²) in [5.74, 6) is 0. The molecule has 0 radical (unpaired) electrons. The first kappa shape index (κ1) is 16.0. The Morgan fingerprint density at radius 2 is 1.75 bits per heavy atom. The molecule has 0 aromatic heterocycles. The molecule has 0 heterocycles. The second-order valence-corrected chi connectivity index (χ2v) is 1.56. The topological polar surface area (TPSA) is 27.6 Å². The third-order valence-electron chi connectivity index (χ3n) is 0.854. The van der Waals surface area contributed by atoms with Gasteiger partial charge in [0.15, 0.2) is 0 Å². The van der Waals surface area contributed by atoms with Crippen molar-refractivity contribution in [2.75, 3.05) is 6.54 Å². The van der Waals surface area contributed by atoms with Gasteiger partial charge in [-0.3, -0.25) is 0 Å². The summed E-state index contributed by atoms with van der Waals surface area (Å²) in [4.78, 5) is 0. The lowest BCUT2D eigenvalue weighted by Crippen LogP contribution is -3.00. The van der Waals surface area contributed by atoms with Gasteiger partial charge in [0.25, 0.3) is 0 Å². The monoisotopic (exact) mass is 247 g/mol. The summed E-state index contributed by atoms with van der Waals surface area (Å²) in [5.41, 5.74) is 3.72. The summed E-state index contributed by atoms with van der Waals surface area (Å²) in [5, 5.41) is 0. The summed E-state index contributed by atoms with van der Waals surface area (Å²) in [7, 11) is 0. The van der Waals surface area contributed by atoms with E-state index in [0.717, 1.165) is 6.54 Å². The molecule has 0 bridgehead atoms. The maximum absolute atomic E-state index is 3.72. The quantitative estimate of drug-likeness (QED) is 0.560. The van der Waals surface area contributed by atoms with Crippen LogP contribution in [0.2, 0.25) is 0 Å². The van der Waals surface area contributed by atoms with Crippen molar-refractivity contribution in [3.05, 3.63) is 0 Å². The number of hydrogen-bond donors (Lipinski definition) is 1. The second-order valence-electron chi connectivity index (χ2n) is 1.56. The van der Waals surface area contributed by atoms with Crippen molar-refractivity contribution in [1.29, 1.82) is 0 Å². The Kier molecular flexibility index (Phi) is 31.3. The van der Waals surface area contributed by atoms with Crippen molar-refractivity contribution < 1.29 is 22.7 Å². The minimum Gasteiger partial charge on any atom is -1.00 e. The molecular weight excluding hydrogens is 234 g/mol. The predicted octanol–water partition coefficient (Wildman–Crippen LogP) is -2.00. The molecule has 3 N–H and O–H groups in total. The highest BCUT2D eigenvalue weighted by molar-refractivity contribution is 8.93. The van der Waals surface area contributed by atoms with Gasteiger partial charge in [-0.15, -0.1) is 17.0 Å². The van der Waals surface area contributed by atoms with Crippen molar-refractivity contribution in [2.45, 2.75) is 26.2 Å². The van der Waals surface area contributed by atoms with Gasteiger partial charge in [0.05, 0.1) is 6.54 Å². The van der Waals surface area contributed by atoms with Crippen LogP contribution in [0.4, 0.5) is 0 Å². The zero-order chi connectivity index (χ0) is 4.83. The maximum Gasteiger partial charge on any atom is 0.0739 e. The third kappa shape index (κ3) is 15.8. The second kappa shape index (κ2) is 15.7. The van der Waals surface area contributed by atoms with Gasteiger partial charge >= 0.3 is 0 Å². The molecule has 1 nitrogen and oxygen atoms in total. The average Bonchev–Trinajstić information content (AvgIpc) is 1.61. The van der Waals surface area contributed by atoms with Crippen molar-refractivity contribution in [3.63, 3.8) is 0 Å². The van der Waals surface area contributed by atoms with E-state index in [-0.39, 0.29) is 34.0 Å². The molecule has 0 saturated heterocycles. The minimum absolute atomic E-state index is 0. The van der Waals surface area contributed by atoms with Crippen LogP contribution in [-0.2, 0) is 0 Å². The van der Waals surface area contributed by atoms with Crippen molar-refractivity contribution in [1.82, 2.24) is 0 Å². The van der Waals surface area contributed by atoms with E-state index in [9.17, 15) is 0 Å². The summed E-state index contributed by atoms with van der Waals surface area (Å²) in [6, 6.07) is 0. The number of quaternary nitrogens is 1. The largest absolute Gasteiger partial charge is 1.00 e. The van der Waals surface area contributed by atoms with Crippen LogP contribution in [0, 0.1) is 0 Å². The number of rotatable bonds is 3. The summed E-state index contributed by atoms with van der Waals surface area (Å²) >= 11 is 0. The van der Waals surface area contributed by atoms with Crippen LogP contribution in [0.15, 0.2) is 0 Å². The SMILES string of the molecule is Br.CCCCC[NH3+].[Br-]. The molecule has 0 atom stereocenters. The zero-order valence-corrected chi connectivity index (χ0v) is 8.62. The average molecular weight is 249 g/mol. The Balaban J connectivity index is -0.000000125. The maximum atomic E-state index is 3.72. The first-order chi connectivity index (χ1) is 2.91. The highest BCUT2D eigenvalue weighted by Crippen LogP contribution is 1.87. The molecule has 0 aromatic rings. The highest BCUT2D eigenvalue weighted by atomic mass is 79.9. The van der Waals surface area contributed by atoms with E-state index >= 15 is 0 Å². The van der Waals surface area contributed by atoms with E-state index in [1.165, 1.54) is 19.3 Å². The van der Waals surface area contributed by atoms with E-state index in [1.807, 2.05) is 0 Å². The first-order valence-corrected chi connectivity index (χ1v) is 2.71. The molecule has 0 fully saturated rings. The molecule has 0 aliphatic rings. The van der Waals surface area contributed by atoms with Crippen LogP contribution in [0.1, 0.15) is 26.2 Å². The number of unbranched alkanes of at least 4 members (excludes halogenated alkanes) is 2. The van der Waals surface area contributed by atoms with Crippen LogP contribution < -0.4 is 22.7 Å². The summed E-state index contributed by atoms with van der Waals surface area (Å²) in [6.07, 6.45) is 3.97. The standard InChI is InChI=1S/C5H13N.2BrH/c1-2-3-4-5-6;;/h2-6H2,1H3;2*1H. The predicted molar refractivity (Wildman–Crippen MR) is 37.6 cm³/mol. The fraction of sp³-hybridized carbons (Fsp3) is 1.00. The van der Waals surface area contributed by atoms with Crippen LogP contribution in [0.3, 0.4) is 0 Å². The fourth-order valence-corrected chi connectivity index (χ4v) is 0.427. The summed E-state index contributed by atoms with van der Waals surface area (Å²) < 4.78 is 0. The van der Waals surface area contributed by atoms with E-state index in [0.29, 0.717) is 0 Å². The van der Waals surface area contributed by atoms with E-state index in [1.54, 1.807) is 0 Å². The van der Waals surface area contributed by atoms with Gasteiger partial charge in [-0.2, -0.15) is 0 Å². The van der Waals surface area contributed by atoms with Crippen LogP contribution in [-0.4, -0.2) is 6.54 Å². The van der Waals surface area contributed by atoms with Gasteiger partial charge in [0.1, 0.15) is 0 Å². The van der Waals surface area contributed by atoms with Gasteiger partial charge in [-0.25, -0.2) is 0 Å². The highest BCUT2D eigenvalue weighted by Gasteiger charge is 1.77. The Labute approximate surface area is 72.6 Å². The first-order valence-electron chi connectivity index (χ1n) is 2.71. The van der Waals surface area contributed by atoms with Crippen LogP contribution in [0.25, 0.3) is 0 Å². The van der Waals surface area contributed by atoms with E-state index in [2.05, 4.69) is 12.7 Å². The van der Waals surface area contributed by atoms with E-state index in [4.69, 9.17) is 0 Å². The zero-order valence-electron chi connectivity index (χ0n) is 5.32.